The number of aromatic nitrogens is 1. The van der Waals surface area contributed by atoms with E-state index in [1.54, 1.807) is 0 Å². The lowest BCUT2D eigenvalue weighted by atomic mass is 10.3. The van der Waals surface area contributed by atoms with Gasteiger partial charge in [-0.25, -0.2) is 4.98 Å². The molecule has 0 radical (unpaired) electrons. The van der Waals surface area contributed by atoms with Crippen LogP contribution in [0.1, 0.15) is 12.0 Å². The number of pyridine rings is 1. The molecular weight excluding hydrogens is 219 g/mol. The number of hydrogen-bond acceptors (Lipinski definition) is 3. The van der Waals surface area contributed by atoms with E-state index in [1.165, 1.54) is 6.07 Å². The molecule has 0 unspecified atom stereocenters. The summed E-state index contributed by atoms with van der Waals surface area (Å²) in [5.74, 6) is 0.556. The second-order valence-electron chi connectivity index (χ2n) is 3.90. The summed E-state index contributed by atoms with van der Waals surface area (Å²) >= 11 is 0. The van der Waals surface area contributed by atoms with Crippen molar-refractivity contribution >= 4 is 5.82 Å². The lowest BCUT2D eigenvalue weighted by molar-refractivity contribution is -0.137. The molecule has 0 saturated carbocycles. The predicted molar refractivity (Wildman–Crippen MR) is 54.0 cm³/mol. The molecule has 1 aromatic heterocycles. The smallest absolute Gasteiger partial charge is 0.355 e. The third-order valence-corrected chi connectivity index (χ3v) is 2.62. The van der Waals surface area contributed by atoms with Crippen molar-refractivity contribution in [2.24, 2.45) is 5.73 Å². The second-order valence-corrected chi connectivity index (χ2v) is 3.90. The van der Waals surface area contributed by atoms with Crippen molar-refractivity contribution in [3.8, 4) is 0 Å². The second kappa shape index (κ2) is 3.93. The minimum Gasteiger partial charge on any atom is -0.355 e. The topological polar surface area (TPSA) is 42.1 Å². The van der Waals surface area contributed by atoms with Crippen LogP contribution in [0.3, 0.4) is 0 Å². The molecule has 0 bridgehead atoms. The van der Waals surface area contributed by atoms with Gasteiger partial charge in [-0.1, -0.05) is 0 Å². The molecule has 1 fully saturated rings. The highest BCUT2D eigenvalue weighted by Crippen LogP contribution is 2.29. The Morgan fingerprint density at radius 3 is 2.56 bits per heavy atom. The molecular formula is C10H12F3N3. The summed E-state index contributed by atoms with van der Waals surface area (Å²) in [5, 5.41) is 0. The molecule has 2 rings (SSSR count). The van der Waals surface area contributed by atoms with Gasteiger partial charge in [0.1, 0.15) is 5.82 Å². The van der Waals surface area contributed by atoms with E-state index in [9.17, 15) is 13.2 Å². The van der Waals surface area contributed by atoms with Gasteiger partial charge in [-0.2, -0.15) is 13.2 Å². The van der Waals surface area contributed by atoms with E-state index in [0.29, 0.717) is 12.4 Å². The molecule has 1 aliphatic heterocycles. The van der Waals surface area contributed by atoms with Crippen LogP contribution in [0.25, 0.3) is 0 Å². The average Bonchev–Trinajstić information content (AvgIpc) is 2.64. The van der Waals surface area contributed by atoms with Gasteiger partial charge < -0.3 is 10.6 Å². The van der Waals surface area contributed by atoms with E-state index in [1.807, 2.05) is 4.90 Å². The molecule has 0 amide bonds. The normalized spacial score (nSPS) is 21.5. The maximum absolute atomic E-state index is 12.3. The quantitative estimate of drug-likeness (QED) is 0.798. The molecule has 0 spiro atoms. The van der Waals surface area contributed by atoms with Gasteiger partial charge in [-0.05, 0) is 18.6 Å². The van der Waals surface area contributed by atoms with Crippen LogP contribution >= 0.6 is 0 Å². The summed E-state index contributed by atoms with van der Waals surface area (Å²) in [6, 6.07) is 2.52. The van der Waals surface area contributed by atoms with Crippen molar-refractivity contribution in [3.63, 3.8) is 0 Å². The van der Waals surface area contributed by atoms with Crippen LogP contribution in [-0.4, -0.2) is 24.1 Å². The van der Waals surface area contributed by atoms with Gasteiger partial charge in [0.15, 0.2) is 0 Å². The fraction of sp³-hybridized carbons (Fsp3) is 0.500. The first-order valence-corrected chi connectivity index (χ1v) is 5.00. The third-order valence-electron chi connectivity index (χ3n) is 2.62. The molecule has 16 heavy (non-hydrogen) atoms. The zero-order valence-corrected chi connectivity index (χ0v) is 8.54. The first-order valence-electron chi connectivity index (χ1n) is 5.00. The van der Waals surface area contributed by atoms with Gasteiger partial charge in [0.2, 0.25) is 0 Å². The SMILES string of the molecule is N[C@@H]1CCN(c2ccc(C(F)(F)F)cn2)C1. The van der Waals surface area contributed by atoms with E-state index >= 15 is 0 Å². The Bertz CT molecular complexity index is 361. The predicted octanol–water partition coefficient (Wildman–Crippen LogP) is 1.64. The molecule has 0 aliphatic carbocycles. The molecule has 1 aromatic rings. The van der Waals surface area contributed by atoms with E-state index in [2.05, 4.69) is 4.98 Å². The molecule has 2 heterocycles. The lowest BCUT2D eigenvalue weighted by Crippen LogP contribution is -2.26. The number of hydrogen-bond donors (Lipinski definition) is 1. The molecule has 1 atom stereocenters. The van der Waals surface area contributed by atoms with E-state index in [4.69, 9.17) is 5.73 Å². The number of rotatable bonds is 1. The minimum absolute atomic E-state index is 0.0871. The van der Waals surface area contributed by atoms with Gasteiger partial charge in [-0.15, -0.1) is 0 Å². The van der Waals surface area contributed by atoms with Crippen molar-refractivity contribution < 1.29 is 13.2 Å². The Balaban J connectivity index is 2.14. The van der Waals surface area contributed by atoms with E-state index in [-0.39, 0.29) is 6.04 Å². The summed E-state index contributed by atoms with van der Waals surface area (Å²) in [6.45, 7) is 1.40. The summed E-state index contributed by atoms with van der Waals surface area (Å²) < 4.78 is 36.9. The Labute approximate surface area is 91.1 Å². The highest BCUT2D eigenvalue weighted by Gasteiger charge is 2.31. The largest absolute Gasteiger partial charge is 0.417 e. The average molecular weight is 231 g/mol. The van der Waals surface area contributed by atoms with E-state index in [0.717, 1.165) is 25.2 Å². The van der Waals surface area contributed by atoms with Gasteiger partial charge in [-0.3, -0.25) is 0 Å². The summed E-state index contributed by atoms with van der Waals surface area (Å²) in [6.07, 6.45) is -2.62. The van der Waals surface area contributed by atoms with Crippen LogP contribution in [0.15, 0.2) is 18.3 Å². The number of nitrogens with two attached hydrogens (primary N) is 1. The first kappa shape index (κ1) is 11.2. The molecule has 2 N–H and O–H groups in total. The number of halogens is 3. The van der Waals surface area contributed by atoms with Crippen LogP contribution in [0.2, 0.25) is 0 Å². The zero-order chi connectivity index (χ0) is 11.8. The van der Waals surface area contributed by atoms with Crippen LogP contribution in [-0.2, 0) is 6.18 Å². The Kier molecular flexibility index (Phi) is 2.75. The fourth-order valence-electron chi connectivity index (χ4n) is 1.74. The van der Waals surface area contributed by atoms with Gasteiger partial charge >= 0.3 is 6.18 Å². The third kappa shape index (κ3) is 2.27. The molecule has 88 valence electrons. The molecule has 6 heteroatoms. The number of nitrogens with zero attached hydrogens (tertiary/aromatic N) is 2. The summed E-state index contributed by atoms with van der Waals surface area (Å²) in [4.78, 5) is 5.71. The Morgan fingerprint density at radius 2 is 2.12 bits per heavy atom. The molecule has 1 aliphatic rings. The Hall–Kier alpha value is -1.30. The summed E-state index contributed by atoms with van der Waals surface area (Å²) in [5.41, 5.74) is 4.99. The minimum atomic E-state index is -4.33. The van der Waals surface area contributed by atoms with Gasteiger partial charge in [0.05, 0.1) is 5.56 Å². The van der Waals surface area contributed by atoms with Crippen molar-refractivity contribution in [1.29, 1.82) is 0 Å². The lowest BCUT2D eigenvalue weighted by Gasteiger charge is -2.17. The number of anilines is 1. The summed E-state index contributed by atoms with van der Waals surface area (Å²) in [7, 11) is 0. The van der Waals surface area contributed by atoms with Crippen molar-refractivity contribution in [2.45, 2.75) is 18.6 Å². The number of alkyl halides is 3. The first-order chi connectivity index (χ1) is 7.47. The van der Waals surface area contributed by atoms with Crippen LogP contribution < -0.4 is 10.6 Å². The maximum atomic E-state index is 12.3. The van der Waals surface area contributed by atoms with Crippen molar-refractivity contribution in [1.82, 2.24) is 4.98 Å². The zero-order valence-electron chi connectivity index (χ0n) is 8.54. The Morgan fingerprint density at radius 1 is 1.38 bits per heavy atom. The molecule has 0 aromatic carbocycles. The molecule has 1 saturated heterocycles. The van der Waals surface area contributed by atoms with Crippen LogP contribution in [0, 0.1) is 0 Å². The van der Waals surface area contributed by atoms with Crippen molar-refractivity contribution in [2.75, 3.05) is 18.0 Å². The fourth-order valence-corrected chi connectivity index (χ4v) is 1.74. The standard InChI is InChI=1S/C10H12F3N3/c11-10(12,13)7-1-2-9(15-5-7)16-4-3-8(14)6-16/h1-2,5,8H,3-4,6,14H2/t8-/m1/s1. The maximum Gasteiger partial charge on any atom is 0.417 e. The van der Waals surface area contributed by atoms with Crippen molar-refractivity contribution in [3.05, 3.63) is 23.9 Å². The highest BCUT2D eigenvalue weighted by atomic mass is 19.4. The monoisotopic (exact) mass is 231 g/mol. The van der Waals surface area contributed by atoms with Crippen LogP contribution in [0.5, 0.6) is 0 Å². The van der Waals surface area contributed by atoms with Crippen LogP contribution in [0.4, 0.5) is 19.0 Å². The highest BCUT2D eigenvalue weighted by molar-refractivity contribution is 5.41. The van der Waals surface area contributed by atoms with Gasteiger partial charge in [0, 0.05) is 25.3 Å². The molecule has 3 nitrogen and oxygen atoms in total. The van der Waals surface area contributed by atoms with Gasteiger partial charge in [0.25, 0.3) is 0 Å². The van der Waals surface area contributed by atoms with E-state index < -0.39 is 11.7 Å².